The van der Waals surface area contributed by atoms with Gasteiger partial charge >= 0.3 is 186 Å². The van der Waals surface area contributed by atoms with Crippen molar-refractivity contribution < 1.29 is 19.8 Å². The van der Waals surface area contributed by atoms with Gasteiger partial charge < -0.3 is 4.74 Å². The van der Waals surface area contributed by atoms with Gasteiger partial charge in [0, 0.05) is 0 Å². The third-order valence-electron chi connectivity index (χ3n) is 6.56. The van der Waals surface area contributed by atoms with Crippen molar-refractivity contribution in [3.05, 3.63) is 115 Å². The van der Waals surface area contributed by atoms with Crippen LogP contribution in [-0.2, 0) is 15.0 Å². The van der Waals surface area contributed by atoms with Gasteiger partial charge in [-0.3, -0.25) is 0 Å². The molecule has 200 valence electrons. The van der Waals surface area contributed by atoms with Crippen LogP contribution < -0.4 is 10.5 Å². The molecule has 0 fully saturated rings. The molecule has 0 atom stereocenters. The molecule has 6 aromatic rings. The first-order chi connectivity index (χ1) is 19.4. The van der Waals surface area contributed by atoms with Crippen LogP contribution in [0.1, 0.15) is 19.4 Å². The first-order valence-corrected chi connectivity index (χ1v) is 13.5. The normalized spacial score (nSPS) is 11.2. The number of aromatic nitrogens is 4. The van der Waals surface area contributed by atoms with Gasteiger partial charge in [-0.25, -0.2) is 0 Å². The van der Waals surface area contributed by atoms with Crippen LogP contribution in [0.5, 0.6) is 5.75 Å². The van der Waals surface area contributed by atoms with Gasteiger partial charge in [0.25, 0.3) is 0 Å². The number of ether oxygens (including phenoxy) is 1. The van der Waals surface area contributed by atoms with Crippen LogP contribution in [0.25, 0.3) is 50.4 Å². The molecule has 0 amide bonds. The molecule has 0 aliphatic heterocycles. The van der Waals surface area contributed by atoms with E-state index in [1.165, 1.54) is 0 Å². The van der Waals surface area contributed by atoms with E-state index in [1.807, 2.05) is 73.1 Å². The molecule has 0 radical (unpaired) electrons. The Hall–Kier alpha value is -4.45. The number of fused-ring (bicyclic) bond motifs is 1. The summed E-state index contributed by atoms with van der Waals surface area (Å²) in [6.45, 7) is 4.05. The summed E-state index contributed by atoms with van der Waals surface area (Å²) >= 11 is 4.90. The predicted molar refractivity (Wildman–Crippen MR) is 157 cm³/mol. The molecular weight excluding hydrogens is 541 g/mol. The summed E-state index contributed by atoms with van der Waals surface area (Å²) in [6, 6.07) is 32.6. The molecule has 0 saturated heterocycles. The van der Waals surface area contributed by atoms with Gasteiger partial charge in [0.2, 0.25) is 0 Å². The Labute approximate surface area is 240 Å². The van der Waals surface area contributed by atoms with E-state index in [0.29, 0.717) is 4.61 Å². The Balaban J connectivity index is 1.40. The SMILES string of the molecule is CC(C)Oc1ccc(-c2ccc(-c3cc(-c4ccc5nccnc5c4)n(-c4cccc([C](N)=[Ni])c4)n3)cc2)cc1. The van der Waals surface area contributed by atoms with Gasteiger partial charge in [0.15, 0.2) is 0 Å². The zero-order chi connectivity index (χ0) is 27.6. The molecule has 2 aromatic heterocycles. The van der Waals surface area contributed by atoms with Crippen LogP contribution in [0.3, 0.4) is 0 Å². The van der Waals surface area contributed by atoms with Gasteiger partial charge in [0.05, 0.1) is 6.10 Å². The molecule has 0 aliphatic rings. The number of benzene rings is 4. The quantitative estimate of drug-likeness (QED) is 0.220. The first kappa shape index (κ1) is 25.8. The summed E-state index contributed by atoms with van der Waals surface area (Å²) in [7, 11) is 0. The molecule has 6 nitrogen and oxygen atoms in total. The molecule has 2 heterocycles. The average molecular weight is 568 g/mol. The predicted octanol–water partition coefficient (Wildman–Crippen LogP) is 6.59. The Morgan fingerprint density at radius 1 is 0.750 bits per heavy atom. The molecule has 4 aromatic carbocycles. The standard InChI is InChI=1S/C33H27N5O.Ni/c1-22(2)39-29-13-10-25(11-14-29)24-6-8-26(9-7-24)31-20-33(27-12-15-30-32(19-27)36-17-16-35-30)38(37-31)28-5-3-4-23(18-28)21-34;/h3-20,22H,34H2,1-2H3;. The van der Waals surface area contributed by atoms with Gasteiger partial charge in [-0.05, 0) is 26.0 Å². The topological polar surface area (TPSA) is 78.9 Å². The van der Waals surface area contributed by atoms with E-state index in [9.17, 15) is 0 Å². The minimum absolute atomic E-state index is 0.146. The van der Waals surface area contributed by atoms with Crippen molar-refractivity contribution in [3.8, 4) is 45.1 Å². The number of hydrogen-bond acceptors (Lipinski definition) is 5. The molecule has 0 spiro atoms. The average Bonchev–Trinajstić information content (AvgIpc) is 3.43. The summed E-state index contributed by atoms with van der Waals surface area (Å²) in [6.07, 6.45) is 3.55. The maximum atomic E-state index is 5.96. The fourth-order valence-electron chi connectivity index (χ4n) is 4.66. The van der Waals surface area contributed by atoms with Crippen molar-refractivity contribution in [3.63, 3.8) is 0 Å². The van der Waals surface area contributed by atoms with Crippen LogP contribution in [0.4, 0.5) is 0 Å². The third-order valence-corrected chi connectivity index (χ3v) is 6.85. The molecule has 0 saturated carbocycles. The van der Waals surface area contributed by atoms with E-state index in [4.69, 9.17) is 30.6 Å². The van der Waals surface area contributed by atoms with E-state index in [1.54, 1.807) is 12.4 Å². The number of rotatable bonds is 7. The summed E-state index contributed by atoms with van der Waals surface area (Å²) < 4.78 is 8.10. The van der Waals surface area contributed by atoms with Gasteiger partial charge in [-0.1, -0.05) is 12.1 Å². The molecule has 40 heavy (non-hydrogen) atoms. The summed E-state index contributed by atoms with van der Waals surface area (Å²) in [4.78, 5) is 8.91. The van der Waals surface area contributed by atoms with Crippen LogP contribution in [0.15, 0.2) is 109 Å². The van der Waals surface area contributed by atoms with Gasteiger partial charge in [-0.2, -0.15) is 0 Å². The number of hydrogen-bond donors (Lipinski definition) is 1. The van der Waals surface area contributed by atoms with Crippen molar-refractivity contribution >= 4 is 15.6 Å². The van der Waals surface area contributed by atoms with Gasteiger partial charge in [0.1, 0.15) is 5.75 Å². The molecule has 0 unspecified atom stereocenters. The minimum atomic E-state index is 0.146. The fraction of sp³-hybridized carbons (Fsp3) is 0.0909. The van der Waals surface area contributed by atoms with Crippen molar-refractivity contribution in [1.29, 1.82) is 0 Å². The van der Waals surface area contributed by atoms with E-state index in [0.717, 1.165) is 61.7 Å². The van der Waals surface area contributed by atoms with Crippen molar-refractivity contribution in [2.45, 2.75) is 20.0 Å². The third kappa shape index (κ3) is 5.35. The zero-order valence-corrected chi connectivity index (χ0v) is 23.0. The Kier molecular flexibility index (Phi) is 7.08. The molecule has 2 N–H and O–H groups in total. The van der Waals surface area contributed by atoms with E-state index >= 15 is 0 Å². The molecule has 0 aliphatic carbocycles. The Morgan fingerprint density at radius 2 is 1.40 bits per heavy atom. The maximum Gasteiger partial charge on any atom is -0.0193 e. The van der Waals surface area contributed by atoms with Crippen LogP contribution in [-0.4, -0.2) is 30.5 Å². The molecule has 7 heteroatoms. The largest absolute Gasteiger partial charge is 0.0507 e. The summed E-state index contributed by atoms with van der Waals surface area (Å²) in [5.74, 6) is 0.869. The monoisotopic (exact) mass is 567 g/mol. The summed E-state index contributed by atoms with van der Waals surface area (Å²) in [5.41, 5.74) is 15.3. The van der Waals surface area contributed by atoms with E-state index < -0.39 is 0 Å². The van der Waals surface area contributed by atoms with Crippen LogP contribution >= 0.6 is 0 Å². The van der Waals surface area contributed by atoms with Gasteiger partial charge in [-0.15, -0.1) is 0 Å². The van der Waals surface area contributed by atoms with E-state index in [-0.39, 0.29) is 6.10 Å². The van der Waals surface area contributed by atoms with E-state index in [2.05, 4.69) is 52.4 Å². The Bertz CT molecular complexity index is 1830. The van der Waals surface area contributed by atoms with Crippen LogP contribution in [0.2, 0.25) is 0 Å². The van der Waals surface area contributed by atoms with Crippen LogP contribution in [0, 0.1) is 0 Å². The molecule has 0 bridgehead atoms. The van der Waals surface area contributed by atoms with Crippen molar-refractivity contribution in [2.24, 2.45) is 5.73 Å². The van der Waals surface area contributed by atoms with Crippen molar-refractivity contribution in [2.75, 3.05) is 0 Å². The molecular formula is C33H27N5NiO. The number of nitrogens with zero attached hydrogens (tertiary/aromatic N) is 4. The second kappa shape index (κ2) is 11.0. The zero-order valence-electron chi connectivity index (χ0n) is 22.1. The number of nitrogens with two attached hydrogens (primary N) is 1. The Morgan fingerprint density at radius 3 is 2.10 bits per heavy atom. The maximum absolute atomic E-state index is 5.96. The minimum Gasteiger partial charge on any atom is -0.0507 e. The second-order valence-corrected chi connectivity index (χ2v) is 10.3. The second-order valence-electron chi connectivity index (χ2n) is 9.72. The molecule has 6 rings (SSSR count). The first-order valence-electron chi connectivity index (χ1n) is 13.0. The van der Waals surface area contributed by atoms with Crippen molar-refractivity contribution in [1.82, 2.24) is 19.7 Å². The summed E-state index contributed by atoms with van der Waals surface area (Å²) in [5, 5.41) is 5.03. The smallest absolute Gasteiger partial charge is 0.0193 e. The fourth-order valence-corrected chi connectivity index (χ4v) is 4.81.